The molecule has 1 aromatic carbocycles. The molecule has 0 spiro atoms. The van der Waals surface area contributed by atoms with Crippen molar-refractivity contribution in [1.82, 2.24) is 4.90 Å². The molecule has 0 radical (unpaired) electrons. The van der Waals surface area contributed by atoms with Gasteiger partial charge in [0.05, 0.1) is 0 Å². The van der Waals surface area contributed by atoms with E-state index in [2.05, 4.69) is 23.1 Å². The first-order chi connectivity index (χ1) is 7.75. The summed E-state index contributed by atoms with van der Waals surface area (Å²) in [7, 11) is 0. The summed E-state index contributed by atoms with van der Waals surface area (Å²) in [5, 5.41) is 0. The number of nitrogens with two attached hydrogens (primary N) is 1. The molecule has 0 bridgehead atoms. The minimum atomic E-state index is -0.144. The molecule has 3 N–H and O–H groups in total. The number of amides is 1. The molecule has 0 aliphatic carbocycles. The summed E-state index contributed by atoms with van der Waals surface area (Å²) in [4.78, 5) is 13.4. The second-order valence-corrected chi connectivity index (χ2v) is 4.36. The first kappa shape index (κ1) is 17.6. The zero-order valence-electron chi connectivity index (χ0n) is 10.8. The normalized spacial score (nSPS) is 16.4. The smallest absolute Gasteiger partial charge is 0.870 e. The molecule has 5 heteroatoms. The maximum absolute atomic E-state index is 11.0. The molecule has 94 valence electrons. The predicted octanol–water partition coefficient (Wildman–Crippen LogP) is -1.99. The van der Waals surface area contributed by atoms with Gasteiger partial charge in [-0.15, -0.1) is 5.56 Å². The first-order valence-corrected chi connectivity index (χ1v) is 5.72. The van der Waals surface area contributed by atoms with Crippen LogP contribution in [0, 0.1) is 12.0 Å². The van der Waals surface area contributed by atoms with Crippen LogP contribution in [0.2, 0.25) is 0 Å². The number of piperidine rings is 1. The quantitative estimate of drug-likeness (QED) is 0.503. The van der Waals surface area contributed by atoms with Gasteiger partial charge in [0.25, 0.3) is 0 Å². The van der Waals surface area contributed by atoms with Crippen molar-refractivity contribution in [1.29, 1.82) is 0 Å². The summed E-state index contributed by atoms with van der Waals surface area (Å²) in [5.74, 6) is -0.0608. The van der Waals surface area contributed by atoms with Crippen LogP contribution in [0.5, 0.6) is 0 Å². The fourth-order valence-electron chi connectivity index (χ4n) is 2.16. The number of rotatable bonds is 3. The van der Waals surface area contributed by atoms with Gasteiger partial charge in [0, 0.05) is 12.5 Å². The standard InChI is InChI=1S/C13H17N2O.Na.H2O/c14-13(16)12-6-8-15(9-7-12)10-11-4-2-1-3-5-11;;/h2-5,12H,6-10H2,(H2,14,16);;1H2/q-1;+1;/p-1. The number of carbonyl (C=O) groups excluding carboxylic acids is 1. The van der Waals surface area contributed by atoms with Crippen LogP contribution in [0.4, 0.5) is 0 Å². The van der Waals surface area contributed by atoms with Gasteiger partial charge >= 0.3 is 29.6 Å². The monoisotopic (exact) mass is 257 g/mol. The van der Waals surface area contributed by atoms with E-state index in [0.717, 1.165) is 32.5 Å². The van der Waals surface area contributed by atoms with E-state index in [0.29, 0.717) is 0 Å². The van der Waals surface area contributed by atoms with E-state index >= 15 is 0 Å². The van der Waals surface area contributed by atoms with Gasteiger partial charge in [-0.1, -0.05) is 0 Å². The number of primary amides is 1. The van der Waals surface area contributed by atoms with Crippen molar-refractivity contribution in [3.05, 3.63) is 35.9 Å². The Morgan fingerprint density at radius 1 is 1.33 bits per heavy atom. The summed E-state index contributed by atoms with van der Waals surface area (Å²) >= 11 is 0. The van der Waals surface area contributed by atoms with Gasteiger partial charge in [-0.25, -0.2) is 0 Å². The average Bonchev–Trinajstić information content (AvgIpc) is 2.31. The summed E-state index contributed by atoms with van der Waals surface area (Å²) in [6.07, 6.45) is 1.79. The molecule has 0 saturated carbocycles. The number of hydrogen-bond acceptors (Lipinski definition) is 3. The number of hydrogen-bond donors (Lipinski definition) is 1. The van der Waals surface area contributed by atoms with E-state index in [1.165, 1.54) is 5.56 Å². The van der Waals surface area contributed by atoms with Gasteiger partial charge < -0.3 is 16.1 Å². The van der Waals surface area contributed by atoms with Crippen molar-refractivity contribution in [3.8, 4) is 0 Å². The van der Waals surface area contributed by atoms with Gasteiger partial charge in [-0.05, 0) is 25.9 Å². The Labute approximate surface area is 130 Å². The minimum absolute atomic E-state index is 0. The Morgan fingerprint density at radius 3 is 2.39 bits per heavy atom. The van der Waals surface area contributed by atoms with Crippen LogP contribution in [0.15, 0.2) is 24.3 Å². The molecule has 0 unspecified atom stereocenters. The topological polar surface area (TPSA) is 76.3 Å². The van der Waals surface area contributed by atoms with E-state index in [9.17, 15) is 4.79 Å². The molecule has 4 nitrogen and oxygen atoms in total. The maximum atomic E-state index is 11.0. The fraction of sp³-hybridized carbons (Fsp3) is 0.462. The Bertz CT molecular complexity index is 351. The SMILES string of the molecule is NC(=O)C1CCN(Cc2cc[c-]cc2)CC1.[Na+].[OH-]. The largest absolute Gasteiger partial charge is 1.00 e. The Hall–Kier alpha value is -0.390. The average molecular weight is 257 g/mol. The molecule has 2 rings (SSSR count). The summed E-state index contributed by atoms with van der Waals surface area (Å²) in [6.45, 7) is 2.89. The summed E-state index contributed by atoms with van der Waals surface area (Å²) in [6, 6.07) is 11.1. The van der Waals surface area contributed by atoms with Crippen molar-refractivity contribution >= 4 is 5.91 Å². The van der Waals surface area contributed by atoms with Crippen LogP contribution in [0.25, 0.3) is 0 Å². The van der Waals surface area contributed by atoms with Gasteiger partial charge in [0.15, 0.2) is 0 Å². The molecule has 18 heavy (non-hydrogen) atoms. The van der Waals surface area contributed by atoms with E-state index in [1.807, 2.05) is 12.1 Å². The maximum Gasteiger partial charge on any atom is 1.00 e. The van der Waals surface area contributed by atoms with E-state index < -0.39 is 0 Å². The molecule has 1 saturated heterocycles. The zero-order chi connectivity index (χ0) is 11.4. The predicted molar refractivity (Wildman–Crippen MR) is 64.4 cm³/mol. The van der Waals surface area contributed by atoms with Gasteiger partial charge in [-0.2, -0.15) is 30.3 Å². The molecule has 1 heterocycles. The zero-order valence-corrected chi connectivity index (χ0v) is 12.8. The molecule has 1 amide bonds. The van der Waals surface area contributed by atoms with Gasteiger partial charge in [-0.3, -0.25) is 4.79 Å². The van der Waals surface area contributed by atoms with E-state index in [1.54, 1.807) is 0 Å². The molecule has 1 fully saturated rings. The van der Waals surface area contributed by atoms with Crippen molar-refractivity contribution < 1.29 is 39.8 Å². The molecular weight excluding hydrogens is 239 g/mol. The van der Waals surface area contributed by atoms with E-state index in [4.69, 9.17) is 5.73 Å². The molecular formula is C13H18N2NaO2-. The number of nitrogens with zero attached hydrogens (tertiary/aromatic N) is 1. The Balaban J connectivity index is 0.00000144. The second-order valence-electron chi connectivity index (χ2n) is 4.36. The molecule has 0 aromatic heterocycles. The van der Waals surface area contributed by atoms with Gasteiger partial charge in [0.2, 0.25) is 5.91 Å². The van der Waals surface area contributed by atoms with Crippen molar-refractivity contribution in [2.24, 2.45) is 11.7 Å². The third-order valence-corrected chi connectivity index (χ3v) is 3.18. The summed E-state index contributed by atoms with van der Waals surface area (Å²) in [5.41, 5.74) is 6.61. The van der Waals surface area contributed by atoms with Crippen LogP contribution in [-0.4, -0.2) is 29.4 Å². The van der Waals surface area contributed by atoms with Crippen LogP contribution in [0.3, 0.4) is 0 Å². The number of carbonyl (C=O) groups is 1. The third-order valence-electron chi connectivity index (χ3n) is 3.18. The number of benzene rings is 1. The van der Waals surface area contributed by atoms with E-state index in [-0.39, 0.29) is 46.9 Å². The Morgan fingerprint density at radius 2 is 1.89 bits per heavy atom. The van der Waals surface area contributed by atoms with Crippen LogP contribution in [0.1, 0.15) is 18.4 Å². The molecule has 0 atom stereocenters. The molecule has 1 aromatic rings. The minimum Gasteiger partial charge on any atom is -0.870 e. The van der Waals surface area contributed by atoms with Crippen molar-refractivity contribution in [2.75, 3.05) is 13.1 Å². The third kappa shape index (κ3) is 5.08. The molecule has 1 aliphatic rings. The molecule has 1 aliphatic heterocycles. The van der Waals surface area contributed by atoms with Gasteiger partial charge in [0.1, 0.15) is 0 Å². The van der Waals surface area contributed by atoms with Crippen LogP contribution in [-0.2, 0) is 11.3 Å². The first-order valence-electron chi connectivity index (χ1n) is 5.72. The van der Waals surface area contributed by atoms with Crippen molar-refractivity contribution in [2.45, 2.75) is 19.4 Å². The van der Waals surface area contributed by atoms with Crippen LogP contribution >= 0.6 is 0 Å². The fourth-order valence-corrected chi connectivity index (χ4v) is 2.16. The second kappa shape index (κ2) is 8.67. The number of likely N-dealkylation sites (tertiary alicyclic amines) is 1. The Kier molecular flexibility index (Phi) is 8.48. The summed E-state index contributed by atoms with van der Waals surface area (Å²) < 4.78 is 0. The van der Waals surface area contributed by atoms with Crippen LogP contribution < -0.4 is 35.3 Å². The van der Waals surface area contributed by atoms with Crippen molar-refractivity contribution in [3.63, 3.8) is 0 Å².